The number of hydrogen-bond acceptors (Lipinski definition) is 12. The molecule has 6 atom stereocenters. The number of nitrogens with zero attached hydrogens (tertiary/aromatic N) is 3. The Hall–Kier alpha value is -4.89. The fourth-order valence-electron chi connectivity index (χ4n) is 9.13. The number of carbonyl (C=O) groups is 1. The maximum absolute atomic E-state index is 14.5. The maximum Gasteiger partial charge on any atom is 0.415 e. The first kappa shape index (κ1) is 45.6. The van der Waals surface area contributed by atoms with Crippen molar-refractivity contribution in [3.8, 4) is 17.2 Å². The zero-order valence-electron chi connectivity index (χ0n) is 35.2. The van der Waals surface area contributed by atoms with E-state index in [1.165, 1.54) is 29.2 Å². The number of aliphatic hydroxyl groups excluding tert-OH is 2. The number of carbonyl (C=O) groups excluding carboxylic acids is 1. The first-order valence-electron chi connectivity index (χ1n) is 21.5. The van der Waals surface area contributed by atoms with Gasteiger partial charge in [-0.2, -0.15) is 0 Å². The molecule has 14 heteroatoms. The van der Waals surface area contributed by atoms with E-state index in [-0.39, 0.29) is 62.0 Å². The number of hydrogen-bond donors (Lipinski definition) is 2. The number of non-ortho nitro benzene ring substituents is 1. The Morgan fingerprint density at radius 3 is 2.46 bits per heavy atom. The summed E-state index contributed by atoms with van der Waals surface area (Å²) in [6, 6.07) is 20.8. The Morgan fingerprint density at radius 1 is 1.03 bits per heavy atom. The van der Waals surface area contributed by atoms with Gasteiger partial charge in [0.15, 0.2) is 0 Å². The summed E-state index contributed by atoms with van der Waals surface area (Å²) in [4.78, 5) is 34.0. The highest BCUT2D eigenvalue weighted by Gasteiger charge is 2.65. The molecule has 0 spiro atoms. The Kier molecular flexibility index (Phi) is 16.7. The summed E-state index contributed by atoms with van der Waals surface area (Å²) in [6.45, 7) is 9.25. The molecule has 1 amide bonds. The number of thioether (sulfide) groups is 1. The van der Waals surface area contributed by atoms with Crippen molar-refractivity contribution in [2.24, 2.45) is 22.9 Å². The lowest BCUT2D eigenvalue weighted by Gasteiger charge is -2.59. The van der Waals surface area contributed by atoms with Gasteiger partial charge in [0.1, 0.15) is 29.9 Å². The van der Waals surface area contributed by atoms with Crippen LogP contribution in [0, 0.1) is 27.9 Å². The number of nitro groups is 1. The molecule has 1 fully saturated rings. The van der Waals surface area contributed by atoms with Gasteiger partial charge < -0.3 is 34.0 Å². The highest BCUT2D eigenvalue weighted by Crippen LogP contribution is 2.62. The van der Waals surface area contributed by atoms with E-state index < -0.39 is 28.8 Å². The topological polar surface area (TPSA) is 162 Å². The second-order valence-corrected chi connectivity index (χ2v) is 16.7. The molecule has 2 N–H and O–H groups in total. The van der Waals surface area contributed by atoms with Crippen molar-refractivity contribution < 1.29 is 43.7 Å². The second-order valence-electron chi connectivity index (χ2n) is 15.5. The molecule has 0 radical (unpaired) electrons. The van der Waals surface area contributed by atoms with E-state index in [1.54, 1.807) is 22.7 Å². The van der Waals surface area contributed by atoms with Crippen LogP contribution in [0.1, 0.15) is 76.7 Å². The minimum atomic E-state index is -1.45. The van der Waals surface area contributed by atoms with Gasteiger partial charge in [0.05, 0.1) is 29.8 Å². The van der Waals surface area contributed by atoms with Crippen molar-refractivity contribution in [1.29, 1.82) is 0 Å². The van der Waals surface area contributed by atoms with E-state index in [0.717, 1.165) is 42.6 Å². The summed E-state index contributed by atoms with van der Waals surface area (Å²) >= 11 is 1.73. The number of ether oxygens (including phenoxy) is 4. The van der Waals surface area contributed by atoms with E-state index in [0.29, 0.717) is 49.7 Å². The third-order valence-corrected chi connectivity index (χ3v) is 12.6. The Morgan fingerprint density at radius 2 is 1.77 bits per heavy atom. The van der Waals surface area contributed by atoms with Crippen molar-refractivity contribution in [1.82, 2.24) is 4.90 Å². The normalized spacial score (nSPS) is 23.2. The van der Waals surface area contributed by atoms with Gasteiger partial charge in [0, 0.05) is 60.4 Å². The number of unbranched alkanes of at least 4 members (excludes halogenated alkanes) is 2. The molecule has 6 rings (SSSR count). The average molecular weight is 858 g/mol. The molecule has 1 saturated carbocycles. The molecule has 0 unspecified atom stereocenters. The molecule has 1 aliphatic heterocycles. The van der Waals surface area contributed by atoms with Crippen LogP contribution >= 0.6 is 11.8 Å². The van der Waals surface area contributed by atoms with Gasteiger partial charge >= 0.3 is 6.09 Å². The van der Waals surface area contributed by atoms with Gasteiger partial charge in [-0.15, -0.1) is 18.3 Å². The molecule has 3 aliphatic rings. The molecule has 3 aromatic rings. The van der Waals surface area contributed by atoms with Crippen LogP contribution in [-0.2, 0) is 9.57 Å². The average Bonchev–Trinajstić information content (AvgIpc) is 3.27. The van der Waals surface area contributed by atoms with Gasteiger partial charge in [-0.05, 0) is 98.9 Å². The summed E-state index contributed by atoms with van der Waals surface area (Å²) < 4.78 is 26.7. The van der Waals surface area contributed by atoms with Gasteiger partial charge in [-0.1, -0.05) is 55.3 Å². The lowest BCUT2D eigenvalue weighted by Crippen LogP contribution is -2.70. The van der Waals surface area contributed by atoms with E-state index in [2.05, 4.69) is 30.9 Å². The smallest absolute Gasteiger partial charge is 0.415 e. The van der Waals surface area contributed by atoms with Gasteiger partial charge in [-0.3, -0.25) is 15.0 Å². The van der Waals surface area contributed by atoms with Crippen LogP contribution < -0.4 is 14.2 Å². The van der Waals surface area contributed by atoms with Gasteiger partial charge in [0.2, 0.25) is 5.79 Å². The fraction of sp³-hybridized carbons (Fsp3) is 0.489. The summed E-state index contributed by atoms with van der Waals surface area (Å²) in [6.07, 6.45) is 8.68. The summed E-state index contributed by atoms with van der Waals surface area (Å²) in [5, 5.41) is 35.9. The van der Waals surface area contributed by atoms with Crippen LogP contribution in [0.3, 0.4) is 0 Å². The monoisotopic (exact) mass is 857 g/mol. The Bertz CT molecular complexity index is 1980. The lowest BCUT2D eigenvalue weighted by atomic mass is 9.55. The molecule has 328 valence electrons. The zero-order chi connectivity index (χ0) is 43.2. The van der Waals surface area contributed by atoms with Crippen LogP contribution in [0.15, 0.2) is 107 Å². The fourth-order valence-corrected chi connectivity index (χ4v) is 9.88. The summed E-state index contributed by atoms with van der Waals surface area (Å²) in [7, 11) is 0. The maximum atomic E-state index is 14.5. The van der Waals surface area contributed by atoms with E-state index in [9.17, 15) is 25.1 Å². The minimum absolute atomic E-state index is 0.0519. The third-order valence-electron chi connectivity index (χ3n) is 11.6. The van der Waals surface area contributed by atoms with Crippen LogP contribution in [0.2, 0.25) is 0 Å². The van der Waals surface area contributed by atoms with Crippen LogP contribution in [-0.4, -0.2) is 89.0 Å². The first-order chi connectivity index (χ1) is 29.8. The molecular formula is C47H59N3O10S. The highest BCUT2D eigenvalue weighted by atomic mass is 32.2. The number of allylic oxidation sites excluding steroid dienone is 1. The van der Waals surface area contributed by atoms with E-state index >= 15 is 0 Å². The predicted octanol–water partition coefficient (Wildman–Crippen LogP) is 9.33. The molecular weight excluding hydrogens is 799 g/mol. The number of aliphatic hydroxyl groups is 2. The molecule has 1 heterocycles. The van der Waals surface area contributed by atoms with Gasteiger partial charge in [-0.25, -0.2) is 4.79 Å². The number of fused-ring (bicyclic) bond motifs is 2. The van der Waals surface area contributed by atoms with E-state index in [4.69, 9.17) is 28.9 Å². The molecule has 2 aliphatic carbocycles. The minimum Gasteiger partial charge on any atom is -0.493 e. The van der Waals surface area contributed by atoms with Crippen molar-refractivity contribution >= 4 is 29.3 Å². The van der Waals surface area contributed by atoms with Crippen molar-refractivity contribution in [2.75, 3.05) is 45.3 Å². The molecule has 0 bridgehead atoms. The Labute approximate surface area is 362 Å². The molecule has 0 saturated heterocycles. The lowest BCUT2D eigenvalue weighted by molar-refractivity contribution is -0.384. The highest BCUT2D eigenvalue weighted by molar-refractivity contribution is 7.99. The summed E-state index contributed by atoms with van der Waals surface area (Å²) in [5.74, 6) is 0.239. The zero-order valence-corrected chi connectivity index (χ0v) is 36.0. The SMILES string of the molecule is C=CCO[C@@]12Oc3ccc(OCCSc4ccccc4)cc3[C@H]3[C@H](CCCCO)[C@@H](CCCCO)C=C(C(=NOCC)C[C@@H]1N(CCC)C(=O)Oc1ccc([N+](=O)[O-])cc1)[C@H]32. The quantitative estimate of drug-likeness (QED) is 0.0307. The van der Waals surface area contributed by atoms with E-state index in [1.807, 2.05) is 44.2 Å². The number of nitro benzene ring substituents is 1. The Balaban J connectivity index is 1.49. The molecule has 3 aromatic carbocycles. The number of rotatable bonds is 23. The standard InChI is InChI=1S/C47H59N3O10S/c1-4-24-49(46(53)59-35-20-18-34(19-21-35)50(54)55)43-32-41(48-58-6-3)39-30-33(14-10-12-25-51)38(17-11-13-26-52)44-40-31-36(56-28-29-61-37-15-8-7-9-16-37)22-23-42(40)60-47(43,45(39)44)57-27-5-2/h5,7-9,15-16,18-23,30-31,33,38,43-45,51-52H,2,4,6,10-14,17,24-29,32H2,1,3H3/t33-,38+,43-,44+,45+,47+/m0/s1. The van der Waals surface area contributed by atoms with Crippen LogP contribution in [0.5, 0.6) is 17.2 Å². The third kappa shape index (κ3) is 10.8. The van der Waals surface area contributed by atoms with Crippen LogP contribution in [0.25, 0.3) is 0 Å². The number of benzene rings is 3. The molecule has 13 nitrogen and oxygen atoms in total. The van der Waals surface area contributed by atoms with Crippen molar-refractivity contribution in [3.05, 3.63) is 113 Å². The number of oxime groups is 1. The van der Waals surface area contributed by atoms with Crippen molar-refractivity contribution in [3.63, 3.8) is 0 Å². The van der Waals surface area contributed by atoms with Gasteiger partial charge in [0.25, 0.3) is 5.69 Å². The van der Waals surface area contributed by atoms with Crippen LogP contribution in [0.4, 0.5) is 10.5 Å². The first-order valence-corrected chi connectivity index (χ1v) is 22.5. The summed E-state index contributed by atoms with van der Waals surface area (Å²) in [5.41, 5.74) is 2.46. The second kappa shape index (κ2) is 22.3. The molecule has 61 heavy (non-hydrogen) atoms. The predicted molar refractivity (Wildman–Crippen MR) is 235 cm³/mol. The largest absolute Gasteiger partial charge is 0.493 e. The van der Waals surface area contributed by atoms with Crippen molar-refractivity contribution in [2.45, 2.75) is 87.9 Å². The number of amides is 1. The molecule has 0 aromatic heterocycles.